The summed E-state index contributed by atoms with van der Waals surface area (Å²) in [5.41, 5.74) is 11.2. The van der Waals surface area contributed by atoms with E-state index >= 15 is 0 Å². The maximum atomic E-state index is 5.53. The number of rotatable bonds is 4. The average Bonchev–Trinajstić information content (AvgIpc) is 2.68. The first-order valence-corrected chi connectivity index (χ1v) is 4.63. The Morgan fingerprint density at radius 1 is 1.47 bits per heavy atom. The topological polar surface area (TPSA) is 113 Å². The van der Waals surface area contributed by atoms with Crippen LogP contribution in [0.4, 0.5) is 5.82 Å². The molecule has 0 aliphatic rings. The monoisotopic (exact) mass is 215 g/mol. The van der Waals surface area contributed by atoms with E-state index in [0.717, 1.165) is 0 Å². The second kappa shape index (κ2) is 7.74. The zero-order valence-electron chi connectivity index (χ0n) is 9.23. The van der Waals surface area contributed by atoms with Gasteiger partial charge in [0, 0.05) is 7.11 Å². The quantitative estimate of drug-likeness (QED) is 0.416. The molecule has 0 saturated heterocycles. The summed E-state index contributed by atoms with van der Waals surface area (Å²) in [5.74, 6) is 0.342. The summed E-state index contributed by atoms with van der Waals surface area (Å²) >= 11 is 0. The number of nitrogens with two attached hydrogens (primary N) is 2. The molecule has 0 amide bonds. The minimum absolute atomic E-state index is 0.138. The largest absolute Gasteiger partial charge is 0.383 e. The lowest BCUT2D eigenvalue weighted by atomic mass is 10.4. The van der Waals surface area contributed by atoms with Crippen molar-refractivity contribution in [3.8, 4) is 0 Å². The van der Waals surface area contributed by atoms with Crippen LogP contribution in [0.3, 0.4) is 0 Å². The number of hydrogen-bond acceptors (Lipinski definition) is 6. The van der Waals surface area contributed by atoms with Crippen LogP contribution in [0.25, 0.3) is 0 Å². The summed E-state index contributed by atoms with van der Waals surface area (Å²) in [4.78, 5) is 3.94. The molecule has 86 valence electrons. The van der Waals surface area contributed by atoms with Gasteiger partial charge in [0.1, 0.15) is 0 Å². The van der Waals surface area contributed by atoms with Crippen LogP contribution in [0, 0.1) is 0 Å². The van der Waals surface area contributed by atoms with Crippen LogP contribution < -0.4 is 11.5 Å². The standard InChI is InChI=1S/C6H11N5O2.C2H6/c1-12-3-2-9-5(7)4-6(8)11-13-10-4;1-2/h2-3H2,1H3,(H2,7,9)(H2,8,11);1-2H3. The molecule has 1 aromatic rings. The number of anilines is 1. The van der Waals surface area contributed by atoms with Crippen LogP contribution in [0.1, 0.15) is 19.5 Å². The third-order valence-electron chi connectivity index (χ3n) is 1.33. The molecule has 1 aromatic heterocycles. The Morgan fingerprint density at radius 3 is 2.60 bits per heavy atom. The van der Waals surface area contributed by atoms with E-state index in [1.165, 1.54) is 0 Å². The van der Waals surface area contributed by atoms with Crippen molar-refractivity contribution in [3.05, 3.63) is 5.69 Å². The number of ether oxygens (including phenoxy) is 1. The molecule has 0 bridgehead atoms. The highest BCUT2D eigenvalue weighted by atomic mass is 16.6. The summed E-state index contributed by atoms with van der Waals surface area (Å²) < 4.78 is 9.14. The smallest absolute Gasteiger partial charge is 0.199 e. The predicted octanol–water partition coefficient (Wildman–Crippen LogP) is 0.0297. The van der Waals surface area contributed by atoms with Crippen LogP contribution in [0.5, 0.6) is 0 Å². The van der Waals surface area contributed by atoms with Gasteiger partial charge in [0.25, 0.3) is 0 Å². The van der Waals surface area contributed by atoms with E-state index in [9.17, 15) is 0 Å². The van der Waals surface area contributed by atoms with E-state index in [2.05, 4.69) is 19.9 Å². The lowest BCUT2D eigenvalue weighted by Gasteiger charge is -1.95. The molecule has 0 aromatic carbocycles. The normalized spacial score (nSPS) is 10.7. The fourth-order valence-corrected chi connectivity index (χ4v) is 0.705. The van der Waals surface area contributed by atoms with Crippen LogP contribution >= 0.6 is 0 Å². The highest BCUT2D eigenvalue weighted by Crippen LogP contribution is 2.02. The van der Waals surface area contributed by atoms with Gasteiger partial charge in [-0.05, 0) is 10.3 Å². The lowest BCUT2D eigenvalue weighted by molar-refractivity contribution is 0.208. The van der Waals surface area contributed by atoms with Gasteiger partial charge in [0.2, 0.25) is 0 Å². The van der Waals surface area contributed by atoms with Gasteiger partial charge in [0.05, 0.1) is 13.2 Å². The molecule has 7 heteroatoms. The Labute approximate surface area is 88.5 Å². The third-order valence-corrected chi connectivity index (χ3v) is 1.33. The number of methoxy groups -OCH3 is 1. The van der Waals surface area contributed by atoms with Gasteiger partial charge in [0.15, 0.2) is 17.3 Å². The highest BCUT2D eigenvalue weighted by molar-refractivity contribution is 5.99. The van der Waals surface area contributed by atoms with E-state index in [4.69, 9.17) is 16.2 Å². The van der Waals surface area contributed by atoms with Gasteiger partial charge >= 0.3 is 0 Å². The molecular formula is C8H17N5O2. The molecule has 7 nitrogen and oxygen atoms in total. The fourth-order valence-electron chi connectivity index (χ4n) is 0.705. The predicted molar refractivity (Wildman–Crippen MR) is 57.5 cm³/mol. The molecule has 0 aliphatic heterocycles. The number of hydrogen-bond donors (Lipinski definition) is 2. The highest BCUT2D eigenvalue weighted by Gasteiger charge is 2.09. The van der Waals surface area contributed by atoms with Gasteiger partial charge in [-0.25, -0.2) is 4.63 Å². The van der Waals surface area contributed by atoms with E-state index in [1.807, 2.05) is 13.8 Å². The fraction of sp³-hybridized carbons (Fsp3) is 0.625. The van der Waals surface area contributed by atoms with E-state index < -0.39 is 0 Å². The van der Waals surface area contributed by atoms with Crippen molar-refractivity contribution in [2.45, 2.75) is 13.8 Å². The average molecular weight is 215 g/mol. The van der Waals surface area contributed by atoms with E-state index in [0.29, 0.717) is 13.2 Å². The Morgan fingerprint density at radius 2 is 2.13 bits per heavy atom. The Balaban J connectivity index is 0.000000921. The third kappa shape index (κ3) is 4.41. The zero-order valence-corrected chi connectivity index (χ0v) is 9.23. The van der Waals surface area contributed by atoms with Crippen molar-refractivity contribution < 1.29 is 9.37 Å². The summed E-state index contributed by atoms with van der Waals surface area (Å²) in [6.45, 7) is 4.94. The van der Waals surface area contributed by atoms with Gasteiger partial charge < -0.3 is 16.2 Å². The van der Waals surface area contributed by atoms with Crippen molar-refractivity contribution in [2.75, 3.05) is 26.0 Å². The lowest BCUT2D eigenvalue weighted by Crippen LogP contribution is -2.17. The van der Waals surface area contributed by atoms with Crippen molar-refractivity contribution in [1.29, 1.82) is 0 Å². The van der Waals surface area contributed by atoms with E-state index in [-0.39, 0.29) is 17.3 Å². The Hall–Kier alpha value is -1.63. The Bertz CT molecular complexity index is 297. The second-order valence-electron chi connectivity index (χ2n) is 2.26. The number of nitrogens with zero attached hydrogens (tertiary/aromatic N) is 3. The van der Waals surface area contributed by atoms with Crippen LogP contribution in [-0.2, 0) is 4.74 Å². The summed E-state index contributed by atoms with van der Waals surface area (Å²) in [5, 5.41) is 6.85. The van der Waals surface area contributed by atoms with E-state index in [1.54, 1.807) is 7.11 Å². The number of amidine groups is 1. The second-order valence-corrected chi connectivity index (χ2v) is 2.26. The molecule has 1 rings (SSSR count). The molecule has 0 aliphatic carbocycles. The molecule has 1 heterocycles. The number of aliphatic imine (C=N–C) groups is 1. The molecule has 0 spiro atoms. The van der Waals surface area contributed by atoms with Gasteiger partial charge in [-0.15, -0.1) is 0 Å². The molecule has 0 unspecified atom stereocenters. The Kier molecular flexibility index (Phi) is 6.90. The minimum atomic E-state index is 0.138. The van der Waals surface area contributed by atoms with Gasteiger partial charge in [-0.2, -0.15) is 0 Å². The maximum absolute atomic E-state index is 5.53. The molecule has 0 atom stereocenters. The molecular weight excluding hydrogens is 198 g/mol. The van der Waals surface area contributed by atoms with Crippen molar-refractivity contribution in [1.82, 2.24) is 10.3 Å². The first kappa shape index (κ1) is 13.4. The molecule has 0 radical (unpaired) electrons. The van der Waals surface area contributed by atoms with Gasteiger partial charge in [-0.1, -0.05) is 13.8 Å². The number of nitrogen functional groups attached to an aromatic ring is 1. The summed E-state index contributed by atoms with van der Waals surface area (Å²) in [6, 6.07) is 0. The SMILES string of the molecule is CC.COCCN=C(N)c1nonc1N. The molecule has 0 fully saturated rings. The number of aromatic nitrogens is 2. The zero-order chi connectivity index (χ0) is 11.7. The van der Waals surface area contributed by atoms with Crippen LogP contribution in [-0.4, -0.2) is 36.4 Å². The maximum Gasteiger partial charge on any atom is 0.199 e. The van der Waals surface area contributed by atoms with Crippen LogP contribution in [0.2, 0.25) is 0 Å². The summed E-state index contributed by atoms with van der Waals surface area (Å²) in [7, 11) is 1.58. The van der Waals surface area contributed by atoms with Gasteiger partial charge in [-0.3, -0.25) is 4.99 Å². The summed E-state index contributed by atoms with van der Waals surface area (Å²) in [6.07, 6.45) is 0. The molecule has 0 saturated carbocycles. The van der Waals surface area contributed by atoms with Crippen LogP contribution in [0.15, 0.2) is 9.62 Å². The molecule has 15 heavy (non-hydrogen) atoms. The minimum Gasteiger partial charge on any atom is -0.383 e. The first-order chi connectivity index (χ1) is 7.25. The van der Waals surface area contributed by atoms with Crippen molar-refractivity contribution in [3.63, 3.8) is 0 Å². The van der Waals surface area contributed by atoms with Crippen molar-refractivity contribution >= 4 is 11.7 Å². The molecule has 4 N–H and O–H groups in total. The first-order valence-electron chi connectivity index (χ1n) is 4.63. The van der Waals surface area contributed by atoms with Crippen molar-refractivity contribution in [2.24, 2.45) is 10.7 Å².